The van der Waals surface area contributed by atoms with Crippen molar-refractivity contribution in [2.75, 3.05) is 20.2 Å². The summed E-state index contributed by atoms with van der Waals surface area (Å²) in [4.78, 5) is 22.9. The second-order valence-electron chi connectivity index (χ2n) is 4.61. The Morgan fingerprint density at radius 1 is 1.28 bits per heavy atom. The van der Waals surface area contributed by atoms with Crippen LogP contribution in [-0.4, -0.2) is 31.1 Å². The van der Waals surface area contributed by atoms with Crippen molar-refractivity contribution in [3.05, 3.63) is 35.9 Å². The van der Waals surface area contributed by atoms with E-state index in [0.29, 0.717) is 0 Å². The molecule has 0 aromatic heterocycles. The lowest BCUT2D eigenvalue weighted by Crippen LogP contribution is -2.36. The van der Waals surface area contributed by atoms with E-state index >= 15 is 0 Å². The number of nitrogens with zero attached hydrogens (tertiary/aromatic N) is 1. The monoisotopic (exact) mass is 249 g/mol. The summed E-state index contributed by atoms with van der Waals surface area (Å²) < 4.78 is 0. The van der Waals surface area contributed by atoms with E-state index in [1.54, 1.807) is 0 Å². The molecule has 0 radical (unpaired) electrons. The molecule has 98 valence electrons. The van der Waals surface area contributed by atoms with Gasteiger partial charge in [0.1, 0.15) is 0 Å². The smallest absolute Gasteiger partial charge is 0.299 e. The molecule has 1 aliphatic heterocycles. The van der Waals surface area contributed by atoms with E-state index in [0.717, 1.165) is 32.5 Å². The lowest BCUT2D eigenvalue weighted by atomic mass is 9.97. The Labute approximate surface area is 107 Å². The lowest BCUT2D eigenvalue weighted by Gasteiger charge is -2.30. The van der Waals surface area contributed by atoms with E-state index in [1.807, 2.05) is 6.07 Å². The molecule has 4 heteroatoms. The van der Waals surface area contributed by atoms with Crippen molar-refractivity contribution in [2.24, 2.45) is 5.92 Å². The van der Waals surface area contributed by atoms with Crippen LogP contribution >= 0.6 is 0 Å². The highest BCUT2D eigenvalue weighted by Gasteiger charge is 2.26. The molecule has 18 heavy (non-hydrogen) atoms. The number of carbonyl (C=O) groups is 1. The first-order valence-corrected chi connectivity index (χ1v) is 6.30. The highest BCUT2D eigenvalue weighted by atomic mass is 17.2. The lowest BCUT2D eigenvalue weighted by molar-refractivity contribution is -0.260. The van der Waals surface area contributed by atoms with Gasteiger partial charge in [-0.3, -0.25) is 9.79 Å². The van der Waals surface area contributed by atoms with E-state index in [4.69, 9.17) is 0 Å². The van der Waals surface area contributed by atoms with Crippen molar-refractivity contribution in [2.45, 2.75) is 19.4 Å². The highest BCUT2D eigenvalue weighted by molar-refractivity contribution is 5.71. The topological polar surface area (TPSA) is 38.8 Å². The van der Waals surface area contributed by atoms with Crippen LogP contribution in [0.15, 0.2) is 30.3 Å². The molecule has 0 N–H and O–H groups in total. The standard InChI is InChI=1S/C14H19NO3/c1-17-18-14(16)13-7-9-15(10-8-13)11-12-5-3-2-4-6-12/h2-6,13H,7-11H2,1H3. The summed E-state index contributed by atoms with van der Waals surface area (Å²) in [6, 6.07) is 10.4. The summed E-state index contributed by atoms with van der Waals surface area (Å²) in [6.07, 6.45) is 1.68. The molecule has 0 aliphatic carbocycles. The molecule has 0 unspecified atom stereocenters. The van der Waals surface area contributed by atoms with Gasteiger partial charge in [0, 0.05) is 6.54 Å². The van der Waals surface area contributed by atoms with Crippen LogP contribution in [0, 0.1) is 5.92 Å². The first-order chi connectivity index (χ1) is 8.79. The molecule has 1 fully saturated rings. The van der Waals surface area contributed by atoms with Crippen molar-refractivity contribution in [3.8, 4) is 0 Å². The van der Waals surface area contributed by atoms with Gasteiger partial charge in [-0.2, -0.15) is 4.89 Å². The minimum absolute atomic E-state index is 0.0167. The summed E-state index contributed by atoms with van der Waals surface area (Å²) in [7, 11) is 1.36. The maximum Gasteiger partial charge on any atom is 0.345 e. The van der Waals surface area contributed by atoms with Crippen LogP contribution in [0.1, 0.15) is 18.4 Å². The maximum absolute atomic E-state index is 11.5. The molecule has 0 atom stereocenters. The third-order valence-corrected chi connectivity index (χ3v) is 3.34. The molecule has 1 heterocycles. The number of hydrogen-bond donors (Lipinski definition) is 0. The van der Waals surface area contributed by atoms with Crippen LogP contribution in [0.3, 0.4) is 0 Å². The number of benzene rings is 1. The van der Waals surface area contributed by atoms with Gasteiger partial charge in [-0.15, -0.1) is 0 Å². The van der Waals surface area contributed by atoms with Gasteiger partial charge in [-0.25, -0.2) is 4.79 Å². The van der Waals surface area contributed by atoms with E-state index in [-0.39, 0.29) is 11.9 Å². The molecule has 0 amide bonds. The Kier molecular flexibility index (Phi) is 4.73. The van der Waals surface area contributed by atoms with Gasteiger partial charge in [0.2, 0.25) is 0 Å². The minimum atomic E-state index is -0.239. The summed E-state index contributed by atoms with van der Waals surface area (Å²) in [5, 5.41) is 0. The quantitative estimate of drug-likeness (QED) is 0.604. The summed E-state index contributed by atoms with van der Waals surface area (Å²) in [6.45, 7) is 2.81. The van der Waals surface area contributed by atoms with Gasteiger partial charge < -0.3 is 0 Å². The Hall–Kier alpha value is -1.39. The predicted molar refractivity (Wildman–Crippen MR) is 67.5 cm³/mol. The zero-order valence-corrected chi connectivity index (χ0v) is 10.7. The molecular formula is C14H19NO3. The van der Waals surface area contributed by atoms with Gasteiger partial charge in [0.05, 0.1) is 13.0 Å². The van der Waals surface area contributed by atoms with Crippen LogP contribution in [-0.2, 0) is 21.1 Å². The van der Waals surface area contributed by atoms with Crippen LogP contribution in [0.5, 0.6) is 0 Å². The summed E-state index contributed by atoms with van der Waals surface area (Å²) in [5.41, 5.74) is 1.32. The van der Waals surface area contributed by atoms with Crippen LogP contribution < -0.4 is 0 Å². The zero-order chi connectivity index (χ0) is 12.8. The third-order valence-electron chi connectivity index (χ3n) is 3.34. The van der Waals surface area contributed by atoms with Crippen molar-refractivity contribution < 1.29 is 14.6 Å². The fraction of sp³-hybridized carbons (Fsp3) is 0.500. The minimum Gasteiger partial charge on any atom is -0.299 e. The highest BCUT2D eigenvalue weighted by Crippen LogP contribution is 2.20. The Balaban J connectivity index is 1.78. The van der Waals surface area contributed by atoms with Crippen molar-refractivity contribution in [1.82, 2.24) is 4.90 Å². The van der Waals surface area contributed by atoms with Crippen molar-refractivity contribution >= 4 is 5.97 Å². The molecule has 1 saturated heterocycles. The molecule has 1 aromatic carbocycles. The average Bonchev–Trinajstić information content (AvgIpc) is 2.41. The predicted octanol–water partition coefficient (Wildman–Crippen LogP) is 2.00. The molecule has 4 nitrogen and oxygen atoms in total. The van der Waals surface area contributed by atoms with Gasteiger partial charge in [-0.1, -0.05) is 30.3 Å². The number of piperidine rings is 1. The second-order valence-corrected chi connectivity index (χ2v) is 4.61. The van der Waals surface area contributed by atoms with Crippen LogP contribution in [0.4, 0.5) is 0 Å². The fourth-order valence-corrected chi connectivity index (χ4v) is 2.32. The van der Waals surface area contributed by atoms with E-state index in [1.165, 1.54) is 12.7 Å². The largest absolute Gasteiger partial charge is 0.345 e. The molecule has 0 saturated carbocycles. The average molecular weight is 249 g/mol. The summed E-state index contributed by atoms with van der Waals surface area (Å²) >= 11 is 0. The van der Waals surface area contributed by atoms with Gasteiger partial charge in [0.25, 0.3) is 0 Å². The van der Waals surface area contributed by atoms with Crippen molar-refractivity contribution in [1.29, 1.82) is 0 Å². The van der Waals surface area contributed by atoms with Gasteiger partial charge in [0.15, 0.2) is 0 Å². The van der Waals surface area contributed by atoms with Crippen LogP contribution in [0.2, 0.25) is 0 Å². The van der Waals surface area contributed by atoms with E-state index < -0.39 is 0 Å². The molecule has 0 bridgehead atoms. The maximum atomic E-state index is 11.5. The van der Waals surface area contributed by atoms with E-state index in [2.05, 4.69) is 38.9 Å². The van der Waals surface area contributed by atoms with E-state index in [9.17, 15) is 4.79 Å². The van der Waals surface area contributed by atoms with Crippen molar-refractivity contribution in [3.63, 3.8) is 0 Å². The second kappa shape index (κ2) is 6.52. The number of likely N-dealkylation sites (tertiary alicyclic amines) is 1. The molecule has 2 rings (SSSR count). The first-order valence-electron chi connectivity index (χ1n) is 6.30. The Bertz CT molecular complexity index is 372. The van der Waals surface area contributed by atoms with Gasteiger partial charge in [-0.05, 0) is 31.5 Å². The fourth-order valence-electron chi connectivity index (χ4n) is 2.32. The number of carbonyl (C=O) groups excluding carboxylic acids is 1. The SMILES string of the molecule is COOC(=O)C1CCN(Cc2ccccc2)CC1. The normalized spacial score (nSPS) is 17.6. The third kappa shape index (κ3) is 3.55. The van der Waals surface area contributed by atoms with Crippen LogP contribution in [0.25, 0.3) is 0 Å². The molecule has 1 aliphatic rings. The number of rotatable bonds is 4. The van der Waals surface area contributed by atoms with Gasteiger partial charge >= 0.3 is 5.97 Å². The Morgan fingerprint density at radius 3 is 2.56 bits per heavy atom. The Morgan fingerprint density at radius 2 is 1.94 bits per heavy atom. The molecule has 1 aromatic rings. The number of hydrogen-bond acceptors (Lipinski definition) is 4. The zero-order valence-electron chi connectivity index (χ0n) is 10.7. The molecular weight excluding hydrogens is 230 g/mol. The molecule has 0 spiro atoms. The first kappa shape index (κ1) is 13.1. The summed E-state index contributed by atoms with van der Waals surface area (Å²) in [5.74, 6) is -0.256.